The molecule has 4 heteroatoms. The van der Waals surface area contributed by atoms with E-state index in [4.69, 9.17) is 9.57 Å². The molecule has 0 atom stereocenters. The number of aryl methyl sites for hydroxylation is 1. The molecule has 2 aliphatic rings. The number of allylic oxidation sites excluding steroid dienone is 4. The number of oxime groups is 1. The van der Waals surface area contributed by atoms with Crippen LogP contribution in [0.1, 0.15) is 62.8 Å². The zero-order chi connectivity index (χ0) is 18.8. The van der Waals surface area contributed by atoms with Crippen LogP contribution in [0.25, 0.3) is 11.3 Å². The number of carbonyl (C=O) groups is 1. The Labute approximate surface area is 154 Å². The summed E-state index contributed by atoms with van der Waals surface area (Å²) in [6, 6.07) is 4.16. The van der Waals surface area contributed by atoms with E-state index in [-0.39, 0.29) is 5.78 Å². The van der Waals surface area contributed by atoms with Gasteiger partial charge in [0.05, 0.1) is 6.26 Å². The molecule has 1 aromatic rings. The van der Waals surface area contributed by atoms with Crippen LogP contribution >= 0.6 is 0 Å². The van der Waals surface area contributed by atoms with Crippen LogP contribution in [0.3, 0.4) is 0 Å². The number of ketones is 1. The lowest BCUT2D eigenvalue weighted by molar-refractivity contribution is -0.109. The molecule has 136 valence electrons. The first kappa shape index (κ1) is 18.2. The fourth-order valence-electron chi connectivity index (χ4n) is 3.36. The number of carbonyl (C=O) groups excluding carboxylic acids is 1. The molecule has 0 unspecified atom stereocenters. The quantitative estimate of drug-likeness (QED) is 0.543. The van der Waals surface area contributed by atoms with E-state index < -0.39 is 0 Å². The highest BCUT2D eigenvalue weighted by Crippen LogP contribution is 2.42. The molecule has 0 amide bonds. The van der Waals surface area contributed by atoms with Gasteiger partial charge in [0.15, 0.2) is 5.71 Å². The second kappa shape index (κ2) is 7.32. The Hall–Kier alpha value is -2.62. The van der Waals surface area contributed by atoms with Gasteiger partial charge >= 0.3 is 0 Å². The number of nitrogens with zero attached hydrogens (tertiary/aromatic N) is 1. The van der Waals surface area contributed by atoms with E-state index in [0.717, 1.165) is 40.7 Å². The Morgan fingerprint density at radius 3 is 2.69 bits per heavy atom. The first-order valence-corrected chi connectivity index (χ1v) is 9.05. The third-order valence-corrected chi connectivity index (χ3v) is 4.69. The van der Waals surface area contributed by atoms with Gasteiger partial charge in [0.2, 0.25) is 5.78 Å². The topological polar surface area (TPSA) is 47.9 Å². The predicted octanol–water partition coefficient (Wildman–Crippen LogP) is 5.17. The summed E-state index contributed by atoms with van der Waals surface area (Å²) >= 11 is 0. The summed E-state index contributed by atoms with van der Waals surface area (Å²) in [6.45, 7) is 10.3. The molecule has 0 saturated heterocycles. The van der Waals surface area contributed by atoms with Gasteiger partial charge in [-0.15, -0.1) is 0 Å². The lowest BCUT2D eigenvalue weighted by Gasteiger charge is -2.29. The normalized spacial score (nSPS) is 16.9. The fraction of sp³-hybridized carbons (Fsp3) is 0.364. The lowest BCUT2D eigenvalue weighted by Crippen LogP contribution is -2.27. The van der Waals surface area contributed by atoms with Crippen LogP contribution in [-0.2, 0) is 14.4 Å². The Balaban J connectivity index is 2.15. The predicted molar refractivity (Wildman–Crippen MR) is 105 cm³/mol. The van der Waals surface area contributed by atoms with E-state index >= 15 is 0 Å². The molecule has 0 radical (unpaired) electrons. The summed E-state index contributed by atoms with van der Waals surface area (Å²) < 4.78 is 5.93. The summed E-state index contributed by atoms with van der Waals surface area (Å²) in [4.78, 5) is 18.0. The Morgan fingerprint density at radius 1 is 1.23 bits per heavy atom. The van der Waals surface area contributed by atoms with Crippen molar-refractivity contribution in [3.05, 3.63) is 57.9 Å². The molecule has 0 spiro atoms. The maximum Gasteiger partial charge on any atom is 0.214 e. The van der Waals surface area contributed by atoms with Crippen LogP contribution in [0, 0.1) is 6.92 Å². The van der Waals surface area contributed by atoms with Crippen molar-refractivity contribution in [1.29, 1.82) is 0 Å². The van der Waals surface area contributed by atoms with Gasteiger partial charge in [0, 0.05) is 16.7 Å². The fourth-order valence-corrected chi connectivity index (χ4v) is 3.36. The van der Waals surface area contributed by atoms with Crippen LogP contribution in [0.5, 0.6) is 0 Å². The minimum absolute atomic E-state index is 0.136. The second-order valence-electron chi connectivity index (χ2n) is 6.90. The minimum Gasteiger partial charge on any atom is -0.464 e. The van der Waals surface area contributed by atoms with Crippen molar-refractivity contribution >= 4 is 22.8 Å². The summed E-state index contributed by atoms with van der Waals surface area (Å²) in [5, 5.41) is 4.13. The van der Waals surface area contributed by atoms with E-state index in [2.05, 4.69) is 31.1 Å². The molecule has 0 N–H and O–H groups in total. The zero-order valence-corrected chi connectivity index (χ0v) is 16.1. The highest BCUT2D eigenvalue weighted by Gasteiger charge is 2.35. The van der Waals surface area contributed by atoms with Crippen LogP contribution in [0.4, 0.5) is 0 Å². The van der Waals surface area contributed by atoms with Gasteiger partial charge in [-0.25, -0.2) is 0 Å². The average Bonchev–Trinajstić information content (AvgIpc) is 2.61. The van der Waals surface area contributed by atoms with E-state index in [0.29, 0.717) is 23.7 Å². The van der Waals surface area contributed by atoms with Crippen LogP contribution < -0.4 is 0 Å². The van der Waals surface area contributed by atoms with Crippen molar-refractivity contribution in [2.24, 2.45) is 5.16 Å². The molecule has 4 nitrogen and oxygen atoms in total. The Morgan fingerprint density at radius 2 is 2.00 bits per heavy atom. The summed E-state index contributed by atoms with van der Waals surface area (Å²) in [7, 11) is 0. The van der Waals surface area contributed by atoms with E-state index in [1.807, 2.05) is 19.9 Å². The van der Waals surface area contributed by atoms with Crippen LogP contribution in [-0.4, -0.2) is 18.1 Å². The highest BCUT2D eigenvalue weighted by molar-refractivity contribution is 6.54. The molecule has 1 heterocycles. The smallest absolute Gasteiger partial charge is 0.214 e. The Bertz CT molecular complexity index is 881. The van der Waals surface area contributed by atoms with E-state index in [1.165, 1.54) is 5.57 Å². The van der Waals surface area contributed by atoms with Gasteiger partial charge in [-0.05, 0) is 64.2 Å². The number of Topliss-reactive ketones (excluding diaryl/α,β-unsaturated/α-hetero) is 1. The van der Waals surface area contributed by atoms with Gasteiger partial charge in [0.25, 0.3) is 0 Å². The lowest BCUT2D eigenvalue weighted by atomic mass is 9.80. The average molecular weight is 351 g/mol. The molecule has 1 aromatic carbocycles. The Kier molecular flexibility index (Phi) is 5.12. The van der Waals surface area contributed by atoms with Gasteiger partial charge < -0.3 is 9.57 Å². The van der Waals surface area contributed by atoms with Crippen molar-refractivity contribution in [2.75, 3.05) is 6.61 Å². The van der Waals surface area contributed by atoms with Gasteiger partial charge in [0.1, 0.15) is 12.4 Å². The van der Waals surface area contributed by atoms with Crippen molar-refractivity contribution in [3.8, 4) is 0 Å². The van der Waals surface area contributed by atoms with Crippen molar-refractivity contribution in [2.45, 2.75) is 47.5 Å². The first-order valence-electron chi connectivity index (χ1n) is 9.05. The maximum absolute atomic E-state index is 12.8. The molecule has 0 bridgehead atoms. The molecule has 1 aliphatic heterocycles. The van der Waals surface area contributed by atoms with Crippen molar-refractivity contribution in [1.82, 2.24) is 0 Å². The highest BCUT2D eigenvalue weighted by atomic mass is 16.6. The van der Waals surface area contributed by atoms with Gasteiger partial charge in [-0.3, -0.25) is 4.79 Å². The number of hydrogen-bond acceptors (Lipinski definition) is 4. The third-order valence-electron chi connectivity index (χ3n) is 4.69. The van der Waals surface area contributed by atoms with E-state index in [1.54, 1.807) is 13.2 Å². The summed E-state index contributed by atoms with van der Waals surface area (Å²) in [5.74, 6) is 0.507. The first-order chi connectivity index (χ1) is 12.5. The van der Waals surface area contributed by atoms with Gasteiger partial charge in [-0.2, -0.15) is 0 Å². The molecule has 0 fully saturated rings. The molecular formula is C22H25NO3. The monoisotopic (exact) mass is 351 g/mol. The number of ether oxygens (including phenoxy) is 1. The van der Waals surface area contributed by atoms with Crippen molar-refractivity contribution in [3.63, 3.8) is 0 Å². The van der Waals surface area contributed by atoms with Crippen molar-refractivity contribution < 1.29 is 14.4 Å². The van der Waals surface area contributed by atoms with Gasteiger partial charge in [-0.1, -0.05) is 28.9 Å². The molecule has 1 aliphatic carbocycles. The molecule has 0 aromatic heterocycles. The standard InChI is InChI=1S/C22H25NO3/c1-6-26-23-20-18-14(4)10-11-17-16(9-7-8-13(2)3)12-25-22(19(17)18)15(5)21(20)24/h8,10-12H,6-7,9H2,1-5H3/b23-20-. The summed E-state index contributed by atoms with van der Waals surface area (Å²) in [6.07, 6.45) is 5.86. The molecule has 3 rings (SSSR count). The number of hydrogen-bond donors (Lipinski definition) is 0. The van der Waals surface area contributed by atoms with Crippen LogP contribution in [0.2, 0.25) is 0 Å². The van der Waals surface area contributed by atoms with E-state index in [9.17, 15) is 4.79 Å². The molecule has 26 heavy (non-hydrogen) atoms. The molecule has 0 saturated carbocycles. The summed E-state index contributed by atoms with van der Waals surface area (Å²) in [5.41, 5.74) is 7.30. The largest absolute Gasteiger partial charge is 0.464 e. The molecular weight excluding hydrogens is 326 g/mol. The number of benzene rings is 1. The SMILES string of the molecule is CCO/N=C1\C(=O)C(C)=C2OC=C(CCC=C(C)C)c3ccc(C)c1c32. The minimum atomic E-state index is -0.136. The zero-order valence-electron chi connectivity index (χ0n) is 16.1. The van der Waals surface area contributed by atoms with Crippen LogP contribution in [0.15, 0.2) is 40.8 Å². The maximum atomic E-state index is 12.8. The number of rotatable bonds is 5. The second-order valence-corrected chi connectivity index (χ2v) is 6.90. The third kappa shape index (κ3) is 3.12.